The van der Waals surface area contributed by atoms with E-state index < -0.39 is 17.9 Å². The van der Waals surface area contributed by atoms with Crippen LogP contribution in [0.25, 0.3) is 5.69 Å². The van der Waals surface area contributed by atoms with E-state index in [1.165, 1.54) is 24.3 Å². The Morgan fingerprint density at radius 1 is 1.05 bits per heavy atom. The monoisotopic (exact) mass is 295 g/mol. The summed E-state index contributed by atoms with van der Waals surface area (Å²) < 4.78 is 64.0. The number of H-pyrrole nitrogens is 1. The van der Waals surface area contributed by atoms with Crippen LogP contribution in [0.2, 0.25) is 0 Å². The fourth-order valence-electron chi connectivity index (χ4n) is 1.45. The first-order valence-corrected chi connectivity index (χ1v) is 5.34. The van der Waals surface area contributed by atoms with Crippen LogP contribution >= 0.6 is 12.2 Å². The smallest absolute Gasteiger partial charge is 0.267 e. The van der Waals surface area contributed by atoms with Gasteiger partial charge in [0.1, 0.15) is 0 Å². The summed E-state index contributed by atoms with van der Waals surface area (Å²) in [5.74, 6) is -6.59. The van der Waals surface area contributed by atoms with Gasteiger partial charge in [-0.15, -0.1) is 0 Å². The molecule has 0 aliphatic rings. The predicted molar refractivity (Wildman–Crippen MR) is 58.7 cm³/mol. The molecule has 9 heteroatoms. The van der Waals surface area contributed by atoms with E-state index in [1.54, 1.807) is 6.07 Å². The van der Waals surface area contributed by atoms with Gasteiger partial charge in [0.15, 0.2) is 4.77 Å². The zero-order chi connectivity index (χ0) is 14.3. The molecule has 2 rings (SSSR count). The second-order valence-corrected chi connectivity index (χ2v) is 3.98. The third-order valence-corrected chi connectivity index (χ3v) is 2.60. The molecule has 1 heterocycles. The number of halogens is 5. The van der Waals surface area contributed by atoms with E-state index in [0.717, 1.165) is 0 Å². The van der Waals surface area contributed by atoms with Gasteiger partial charge >= 0.3 is 12.1 Å². The van der Waals surface area contributed by atoms with Gasteiger partial charge in [-0.1, -0.05) is 18.2 Å². The van der Waals surface area contributed by atoms with E-state index in [1.807, 2.05) is 5.10 Å². The molecule has 19 heavy (non-hydrogen) atoms. The fourth-order valence-corrected chi connectivity index (χ4v) is 1.69. The van der Waals surface area contributed by atoms with Crippen molar-refractivity contribution in [2.75, 3.05) is 0 Å². The molecule has 0 unspecified atom stereocenters. The average molecular weight is 295 g/mol. The quantitative estimate of drug-likeness (QED) is 0.678. The van der Waals surface area contributed by atoms with Gasteiger partial charge in [0.2, 0.25) is 5.82 Å². The molecule has 2 aromatic rings. The van der Waals surface area contributed by atoms with E-state index in [2.05, 4.69) is 5.10 Å². The normalized spacial score (nSPS) is 12.7. The maximum Gasteiger partial charge on any atom is 0.461 e. The largest absolute Gasteiger partial charge is 0.461 e. The lowest BCUT2D eigenvalue weighted by Gasteiger charge is -2.19. The van der Waals surface area contributed by atoms with Gasteiger partial charge in [-0.3, -0.25) is 9.67 Å². The van der Waals surface area contributed by atoms with Crippen molar-refractivity contribution < 1.29 is 22.0 Å². The van der Waals surface area contributed by atoms with Crippen molar-refractivity contribution in [3.63, 3.8) is 0 Å². The topological polar surface area (TPSA) is 33.6 Å². The SMILES string of the molecule is FC(F)(F)C(F)(F)c1n[nH]c(=S)n1-c1ccccc1. The lowest BCUT2D eigenvalue weighted by atomic mass is 10.2. The molecule has 0 atom stereocenters. The molecule has 1 aromatic carbocycles. The van der Waals surface area contributed by atoms with Crippen LogP contribution in [-0.4, -0.2) is 20.9 Å². The van der Waals surface area contributed by atoms with Crippen LogP contribution in [0.15, 0.2) is 30.3 Å². The molecule has 0 amide bonds. The maximum absolute atomic E-state index is 13.3. The van der Waals surface area contributed by atoms with E-state index in [0.29, 0.717) is 4.57 Å². The first-order chi connectivity index (χ1) is 8.75. The highest BCUT2D eigenvalue weighted by molar-refractivity contribution is 7.71. The summed E-state index contributed by atoms with van der Waals surface area (Å²) in [6.07, 6.45) is -5.75. The Balaban J connectivity index is 2.66. The van der Waals surface area contributed by atoms with Gasteiger partial charge in [0.25, 0.3) is 0 Å². The summed E-state index contributed by atoms with van der Waals surface area (Å²) in [6, 6.07) is 7.26. The standard InChI is InChI=1S/C10H6F5N3S/c11-9(12,10(13,14)15)7-16-17-8(19)18(7)6-4-2-1-3-5-6/h1-5H,(H,17,19). The van der Waals surface area contributed by atoms with Gasteiger partial charge in [0.05, 0.1) is 0 Å². The van der Waals surface area contributed by atoms with Crippen molar-refractivity contribution >= 4 is 12.2 Å². The number of hydrogen-bond donors (Lipinski definition) is 1. The highest BCUT2D eigenvalue weighted by Crippen LogP contribution is 2.43. The summed E-state index contributed by atoms with van der Waals surface area (Å²) in [6.45, 7) is 0. The molecule has 0 aliphatic heterocycles. The van der Waals surface area contributed by atoms with Crippen molar-refractivity contribution in [3.8, 4) is 5.69 Å². The number of para-hydroxylation sites is 1. The summed E-state index contributed by atoms with van der Waals surface area (Å²) in [5, 5.41) is 4.96. The van der Waals surface area contributed by atoms with E-state index in [9.17, 15) is 22.0 Å². The van der Waals surface area contributed by atoms with Crippen LogP contribution in [0.1, 0.15) is 5.82 Å². The molecule has 0 saturated heterocycles. The molecule has 102 valence electrons. The Labute approximate surface area is 108 Å². The number of nitrogens with zero attached hydrogens (tertiary/aromatic N) is 2. The van der Waals surface area contributed by atoms with Crippen LogP contribution in [0.3, 0.4) is 0 Å². The summed E-state index contributed by atoms with van der Waals surface area (Å²) in [4.78, 5) is 0. The lowest BCUT2D eigenvalue weighted by molar-refractivity contribution is -0.293. The Hall–Kier alpha value is -1.77. The highest BCUT2D eigenvalue weighted by atomic mass is 32.1. The molecule has 1 aromatic heterocycles. The number of alkyl halides is 5. The highest BCUT2D eigenvalue weighted by Gasteiger charge is 2.62. The van der Waals surface area contributed by atoms with Crippen molar-refractivity contribution in [2.24, 2.45) is 0 Å². The number of nitrogens with one attached hydrogen (secondary N) is 1. The van der Waals surface area contributed by atoms with Crippen LogP contribution in [-0.2, 0) is 5.92 Å². The molecule has 0 bridgehead atoms. The number of hydrogen-bond acceptors (Lipinski definition) is 2. The molecule has 0 spiro atoms. The van der Waals surface area contributed by atoms with Crippen LogP contribution in [0, 0.1) is 4.77 Å². The first kappa shape index (κ1) is 13.7. The Morgan fingerprint density at radius 2 is 1.63 bits per heavy atom. The molecular formula is C10H6F5N3S. The van der Waals surface area contributed by atoms with Crippen molar-refractivity contribution in [3.05, 3.63) is 40.9 Å². The van der Waals surface area contributed by atoms with Crippen molar-refractivity contribution in [1.82, 2.24) is 14.8 Å². The van der Waals surface area contributed by atoms with Crippen molar-refractivity contribution in [1.29, 1.82) is 0 Å². The maximum atomic E-state index is 13.3. The van der Waals surface area contributed by atoms with Gasteiger partial charge in [0, 0.05) is 5.69 Å². The second kappa shape index (κ2) is 4.41. The molecular weight excluding hydrogens is 289 g/mol. The molecule has 0 radical (unpaired) electrons. The zero-order valence-electron chi connectivity index (χ0n) is 9.08. The lowest BCUT2D eigenvalue weighted by Crippen LogP contribution is -2.36. The van der Waals surface area contributed by atoms with Gasteiger partial charge in [-0.25, -0.2) is 0 Å². The van der Waals surface area contributed by atoms with E-state index in [4.69, 9.17) is 12.2 Å². The van der Waals surface area contributed by atoms with Crippen LogP contribution in [0.4, 0.5) is 22.0 Å². The summed E-state index contributed by atoms with van der Waals surface area (Å²) in [7, 11) is 0. The first-order valence-electron chi connectivity index (χ1n) is 4.93. The average Bonchev–Trinajstić information content (AvgIpc) is 2.71. The Kier molecular flexibility index (Phi) is 3.17. The summed E-state index contributed by atoms with van der Waals surface area (Å²) >= 11 is 4.69. The number of benzene rings is 1. The Bertz CT molecular complexity index is 629. The second-order valence-electron chi connectivity index (χ2n) is 3.60. The van der Waals surface area contributed by atoms with Gasteiger partial charge in [-0.05, 0) is 24.4 Å². The molecule has 0 saturated carbocycles. The summed E-state index contributed by atoms with van der Waals surface area (Å²) in [5.41, 5.74) is 0.0696. The number of rotatable bonds is 2. The zero-order valence-corrected chi connectivity index (χ0v) is 9.90. The molecule has 0 aliphatic carbocycles. The van der Waals surface area contributed by atoms with E-state index in [-0.39, 0.29) is 10.5 Å². The predicted octanol–water partition coefficient (Wildman–Crippen LogP) is 3.58. The minimum absolute atomic E-state index is 0.0696. The molecule has 1 N–H and O–H groups in total. The number of aromatic amines is 1. The Morgan fingerprint density at radius 3 is 2.16 bits per heavy atom. The molecule has 3 nitrogen and oxygen atoms in total. The minimum atomic E-state index is -5.75. The van der Waals surface area contributed by atoms with Crippen LogP contribution < -0.4 is 0 Å². The van der Waals surface area contributed by atoms with Crippen molar-refractivity contribution in [2.45, 2.75) is 12.1 Å². The van der Waals surface area contributed by atoms with Gasteiger partial charge in [-0.2, -0.15) is 27.1 Å². The van der Waals surface area contributed by atoms with E-state index >= 15 is 0 Å². The minimum Gasteiger partial charge on any atom is -0.267 e. The molecule has 0 fully saturated rings. The third kappa shape index (κ3) is 2.25. The van der Waals surface area contributed by atoms with Gasteiger partial charge < -0.3 is 0 Å². The third-order valence-electron chi connectivity index (χ3n) is 2.32. The number of aromatic nitrogens is 3. The van der Waals surface area contributed by atoms with Crippen LogP contribution in [0.5, 0.6) is 0 Å². The fraction of sp³-hybridized carbons (Fsp3) is 0.200.